The third kappa shape index (κ3) is 3.80. The summed E-state index contributed by atoms with van der Waals surface area (Å²) in [5.74, 6) is 0. The van der Waals surface area contributed by atoms with Gasteiger partial charge in [-0.3, -0.25) is 0 Å². The molecule has 0 bridgehead atoms. The second kappa shape index (κ2) is 9.82. The molecular weight excluding hydrogens is 536 g/mol. The number of fused-ring (bicyclic) bond motifs is 6. The van der Waals surface area contributed by atoms with Gasteiger partial charge in [-0.15, -0.1) is 0 Å². The highest BCUT2D eigenvalue weighted by molar-refractivity contribution is 6.18. The number of hydrogen-bond acceptors (Lipinski definition) is 2. The molecule has 0 N–H and O–H groups in total. The van der Waals surface area contributed by atoms with E-state index in [-0.39, 0.29) is 0 Å². The van der Waals surface area contributed by atoms with Crippen LogP contribution in [0, 0.1) is 0 Å². The third-order valence-electron chi connectivity index (χ3n) is 8.61. The minimum atomic E-state index is 0.881. The molecule has 206 valence electrons. The lowest BCUT2D eigenvalue weighted by Gasteiger charge is -2.11. The monoisotopic (exact) mass is 562 g/mol. The predicted molar refractivity (Wildman–Crippen MR) is 182 cm³/mol. The van der Waals surface area contributed by atoms with E-state index >= 15 is 0 Å². The van der Waals surface area contributed by atoms with Gasteiger partial charge < -0.3 is 8.98 Å². The number of benzene rings is 6. The van der Waals surface area contributed by atoms with Crippen LogP contribution in [0.4, 0.5) is 0 Å². The van der Waals surface area contributed by atoms with Crippen molar-refractivity contribution in [2.75, 3.05) is 0 Å². The number of furan rings is 1. The van der Waals surface area contributed by atoms with Crippen LogP contribution in [0.2, 0.25) is 0 Å². The molecule has 0 spiro atoms. The van der Waals surface area contributed by atoms with E-state index in [1.165, 1.54) is 21.9 Å². The fourth-order valence-electron chi connectivity index (χ4n) is 6.65. The molecule has 0 aliphatic carbocycles. The number of rotatable bonds is 4. The Labute approximate surface area is 254 Å². The van der Waals surface area contributed by atoms with Gasteiger partial charge in [0.2, 0.25) is 0 Å². The van der Waals surface area contributed by atoms with Crippen LogP contribution in [0.15, 0.2) is 162 Å². The van der Waals surface area contributed by atoms with Crippen LogP contribution in [0.5, 0.6) is 0 Å². The lowest BCUT2D eigenvalue weighted by Crippen LogP contribution is -1.95. The van der Waals surface area contributed by atoms with E-state index in [4.69, 9.17) is 9.40 Å². The van der Waals surface area contributed by atoms with Crippen molar-refractivity contribution in [1.82, 2.24) is 9.55 Å². The first-order valence-corrected chi connectivity index (χ1v) is 14.9. The largest absolute Gasteiger partial charge is 0.456 e. The zero-order valence-corrected chi connectivity index (χ0v) is 23.8. The molecule has 0 fully saturated rings. The van der Waals surface area contributed by atoms with Crippen LogP contribution < -0.4 is 0 Å². The van der Waals surface area contributed by atoms with E-state index in [0.717, 1.165) is 61.2 Å². The molecule has 0 amide bonds. The molecule has 9 aromatic rings. The van der Waals surface area contributed by atoms with E-state index in [1.807, 2.05) is 18.2 Å². The Morgan fingerprint density at radius 3 is 2.00 bits per heavy atom. The zero-order valence-electron chi connectivity index (χ0n) is 23.8. The van der Waals surface area contributed by atoms with Gasteiger partial charge in [-0.05, 0) is 53.6 Å². The summed E-state index contributed by atoms with van der Waals surface area (Å²) < 4.78 is 8.74. The van der Waals surface area contributed by atoms with Crippen LogP contribution >= 0.6 is 0 Å². The molecule has 0 saturated heterocycles. The summed E-state index contributed by atoms with van der Waals surface area (Å²) in [5, 5.41) is 4.60. The maximum Gasteiger partial charge on any atom is 0.137 e. The van der Waals surface area contributed by atoms with Gasteiger partial charge >= 0.3 is 0 Å². The molecule has 3 heterocycles. The van der Waals surface area contributed by atoms with Gasteiger partial charge in [-0.25, -0.2) is 4.98 Å². The van der Waals surface area contributed by atoms with Crippen molar-refractivity contribution in [1.29, 1.82) is 0 Å². The smallest absolute Gasteiger partial charge is 0.137 e. The number of pyridine rings is 1. The van der Waals surface area contributed by atoms with E-state index in [9.17, 15) is 0 Å². The molecule has 9 rings (SSSR count). The summed E-state index contributed by atoms with van der Waals surface area (Å²) in [5.41, 5.74) is 11.7. The normalized spacial score (nSPS) is 11.6. The lowest BCUT2D eigenvalue weighted by molar-refractivity contribution is 0.669. The van der Waals surface area contributed by atoms with Gasteiger partial charge in [0.25, 0.3) is 0 Å². The average molecular weight is 563 g/mol. The first-order chi connectivity index (χ1) is 21.8. The van der Waals surface area contributed by atoms with Crippen molar-refractivity contribution in [3.05, 3.63) is 158 Å². The summed E-state index contributed by atoms with van der Waals surface area (Å²) in [4.78, 5) is 5.18. The average Bonchev–Trinajstić information content (AvgIpc) is 3.65. The van der Waals surface area contributed by atoms with Gasteiger partial charge in [0, 0.05) is 27.3 Å². The molecule has 3 nitrogen and oxygen atoms in total. The second-order valence-electron chi connectivity index (χ2n) is 11.2. The van der Waals surface area contributed by atoms with E-state index < -0.39 is 0 Å². The van der Waals surface area contributed by atoms with Crippen molar-refractivity contribution in [3.8, 4) is 39.3 Å². The molecule has 0 saturated carbocycles. The van der Waals surface area contributed by atoms with Crippen LogP contribution in [0.3, 0.4) is 0 Å². The van der Waals surface area contributed by atoms with Gasteiger partial charge in [0.1, 0.15) is 11.2 Å². The maximum atomic E-state index is 6.33. The Hall–Kier alpha value is -5.93. The fourth-order valence-corrected chi connectivity index (χ4v) is 6.65. The topological polar surface area (TPSA) is 31.0 Å². The van der Waals surface area contributed by atoms with Crippen molar-refractivity contribution < 1.29 is 4.42 Å². The van der Waals surface area contributed by atoms with Crippen LogP contribution in [-0.2, 0) is 0 Å². The summed E-state index contributed by atoms with van der Waals surface area (Å²) >= 11 is 0. The second-order valence-corrected chi connectivity index (χ2v) is 11.2. The number of hydrogen-bond donors (Lipinski definition) is 0. The standard InChI is InChI=1S/C41H26N2O/c1-3-12-27(13-4-1)29-24-25-31-37(26-29)43(36-21-11-23-39-41(36)32-16-7-8-22-38(32)44-39)35-20-9-17-30(40(31)35)34-19-10-18-33(42-34)28-14-5-2-6-15-28/h1-26H. The molecule has 0 radical (unpaired) electrons. The van der Waals surface area contributed by atoms with E-state index in [0.29, 0.717) is 0 Å². The summed E-state index contributed by atoms with van der Waals surface area (Å²) in [7, 11) is 0. The molecule has 0 atom stereocenters. The summed E-state index contributed by atoms with van der Waals surface area (Å²) in [6.07, 6.45) is 0. The number of aromatic nitrogens is 2. The van der Waals surface area contributed by atoms with Gasteiger partial charge in [-0.2, -0.15) is 0 Å². The highest BCUT2D eigenvalue weighted by atomic mass is 16.3. The molecule has 6 aromatic carbocycles. The summed E-state index contributed by atoms with van der Waals surface area (Å²) in [6, 6.07) is 55.3. The lowest BCUT2D eigenvalue weighted by atomic mass is 10.00. The van der Waals surface area contributed by atoms with E-state index in [1.54, 1.807) is 0 Å². The highest BCUT2D eigenvalue weighted by Gasteiger charge is 2.20. The molecule has 3 aromatic heterocycles. The molecular formula is C41H26N2O. The van der Waals surface area contributed by atoms with E-state index in [2.05, 4.69) is 144 Å². The third-order valence-corrected chi connectivity index (χ3v) is 8.61. The molecule has 44 heavy (non-hydrogen) atoms. The fraction of sp³-hybridized carbons (Fsp3) is 0. The van der Waals surface area contributed by atoms with Gasteiger partial charge in [0.05, 0.1) is 33.5 Å². The van der Waals surface area contributed by atoms with Gasteiger partial charge in [-0.1, -0.05) is 115 Å². The first-order valence-electron chi connectivity index (χ1n) is 14.9. The first kappa shape index (κ1) is 24.6. The van der Waals surface area contributed by atoms with Crippen molar-refractivity contribution in [2.24, 2.45) is 0 Å². The number of nitrogens with zero attached hydrogens (tertiary/aromatic N) is 2. The Bertz CT molecular complexity index is 2490. The predicted octanol–water partition coefficient (Wildman–Crippen LogP) is 11.1. The zero-order chi connectivity index (χ0) is 29.0. The highest BCUT2D eigenvalue weighted by Crippen LogP contribution is 2.42. The van der Waals surface area contributed by atoms with Crippen molar-refractivity contribution >= 4 is 43.7 Å². The SMILES string of the molecule is c1ccc(-c2ccc3c4c(-c5cccc(-c6ccccc6)n5)cccc4n(-c4cccc5oc6ccccc6c45)c3c2)cc1. The Balaban J connectivity index is 1.38. The van der Waals surface area contributed by atoms with Crippen LogP contribution in [-0.4, -0.2) is 9.55 Å². The summed E-state index contributed by atoms with van der Waals surface area (Å²) in [6.45, 7) is 0. The van der Waals surface area contributed by atoms with Crippen molar-refractivity contribution in [2.45, 2.75) is 0 Å². The number of para-hydroxylation sites is 1. The minimum absolute atomic E-state index is 0.881. The Kier molecular flexibility index (Phi) is 5.50. The van der Waals surface area contributed by atoms with Gasteiger partial charge in [0.15, 0.2) is 0 Å². The molecule has 0 aliphatic rings. The van der Waals surface area contributed by atoms with Crippen molar-refractivity contribution in [3.63, 3.8) is 0 Å². The molecule has 0 aliphatic heterocycles. The Morgan fingerprint density at radius 1 is 0.432 bits per heavy atom. The Morgan fingerprint density at radius 2 is 1.14 bits per heavy atom. The van der Waals surface area contributed by atoms with Crippen LogP contribution in [0.1, 0.15) is 0 Å². The quantitative estimate of drug-likeness (QED) is 0.214. The molecule has 0 unspecified atom stereocenters. The van der Waals surface area contributed by atoms with Crippen LogP contribution in [0.25, 0.3) is 83.1 Å². The molecule has 3 heteroatoms. The maximum absolute atomic E-state index is 6.33. The minimum Gasteiger partial charge on any atom is -0.456 e.